The summed E-state index contributed by atoms with van der Waals surface area (Å²) in [6.07, 6.45) is 0.759. The van der Waals surface area contributed by atoms with Crippen LogP contribution in [-0.4, -0.2) is 19.2 Å². The fourth-order valence-electron chi connectivity index (χ4n) is 0.522. The molecule has 0 rings (SSSR count). The Balaban J connectivity index is 3.72. The number of ether oxygens (including phenoxy) is 1. The van der Waals surface area contributed by atoms with Crippen LogP contribution in [0.3, 0.4) is 0 Å². The monoisotopic (exact) mass is 175 g/mol. The summed E-state index contributed by atoms with van der Waals surface area (Å²) < 4.78 is 4.89. The van der Waals surface area contributed by atoms with Gasteiger partial charge in [-0.05, 0) is 20.3 Å². The number of hydrogen-bond donors (Lipinski definition) is 1. The first-order chi connectivity index (χ1) is 5.54. The summed E-state index contributed by atoms with van der Waals surface area (Å²) in [5, 5.41) is 0. The second-order valence-electron chi connectivity index (χ2n) is 3.24. The summed E-state index contributed by atoms with van der Waals surface area (Å²) in [5.74, 6) is 4.56. The lowest BCUT2D eigenvalue weighted by molar-refractivity contribution is -0.155. The zero-order valence-corrected chi connectivity index (χ0v) is 7.92. The maximum Gasteiger partial charge on any atom is 0.311 e. The largest absolute Gasteiger partial charge is 0.463 e. The zero-order valence-electron chi connectivity index (χ0n) is 7.92. The van der Waals surface area contributed by atoms with Gasteiger partial charge in [0.2, 0.25) is 0 Å². The average molecular weight is 175 g/mol. The third-order valence-corrected chi connectivity index (χ3v) is 1.87. The smallest absolute Gasteiger partial charge is 0.311 e. The lowest BCUT2D eigenvalue weighted by atomic mass is 9.91. The highest BCUT2D eigenvalue weighted by Crippen LogP contribution is 2.21. The molecule has 0 aromatic rings. The van der Waals surface area contributed by atoms with Gasteiger partial charge in [0, 0.05) is 0 Å². The van der Waals surface area contributed by atoms with E-state index in [2.05, 4.69) is 4.84 Å². The Morgan fingerprint density at radius 3 is 2.42 bits per heavy atom. The molecule has 0 radical (unpaired) electrons. The molecule has 0 atom stereocenters. The van der Waals surface area contributed by atoms with Crippen LogP contribution in [0.4, 0.5) is 0 Å². The Morgan fingerprint density at radius 1 is 1.42 bits per heavy atom. The predicted molar refractivity (Wildman–Crippen MR) is 45.2 cm³/mol. The van der Waals surface area contributed by atoms with Gasteiger partial charge in [0.15, 0.2) is 0 Å². The number of hydrogen-bond acceptors (Lipinski definition) is 4. The SMILES string of the molecule is CCC(C)(C)C(=O)OCCON. The first kappa shape index (κ1) is 11.4. The highest BCUT2D eigenvalue weighted by Gasteiger charge is 2.26. The topological polar surface area (TPSA) is 61.5 Å². The molecule has 0 aliphatic rings. The van der Waals surface area contributed by atoms with Crippen LogP contribution >= 0.6 is 0 Å². The molecule has 0 heterocycles. The van der Waals surface area contributed by atoms with Crippen LogP contribution in [-0.2, 0) is 14.4 Å². The predicted octanol–water partition coefficient (Wildman–Crippen LogP) is 0.856. The number of carbonyl (C=O) groups is 1. The molecular weight excluding hydrogens is 158 g/mol. The molecule has 0 saturated carbocycles. The van der Waals surface area contributed by atoms with Crippen molar-refractivity contribution in [1.82, 2.24) is 0 Å². The molecule has 2 N–H and O–H groups in total. The second-order valence-corrected chi connectivity index (χ2v) is 3.24. The molecule has 72 valence electrons. The van der Waals surface area contributed by atoms with E-state index < -0.39 is 5.41 Å². The summed E-state index contributed by atoms with van der Waals surface area (Å²) in [6, 6.07) is 0. The van der Waals surface area contributed by atoms with Gasteiger partial charge in [-0.15, -0.1) is 0 Å². The maximum atomic E-state index is 11.3. The average Bonchev–Trinajstić information content (AvgIpc) is 2.05. The molecule has 4 heteroatoms. The Morgan fingerprint density at radius 2 is 2.00 bits per heavy atom. The number of carbonyl (C=O) groups excluding carboxylic acids is 1. The first-order valence-electron chi connectivity index (χ1n) is 4.03. The van der Waals surface area contributed by atoms with Crippen LogP contribution in [0, 0.1) is 5.41 Å². The van der Waals surface area contributed by atoms with Gasteiger partial charge in [-0.2, -0.15) is 0 Å². The highest BCUT2D eigenvalue weighted by atomic mass is 16.6. The Hall–Kier alpha value is -0.610. The van der Waals surface area contributed by atoms with Crippen molar-refractivity contribution in [3.8, 4) is 0 Å². The van der Waals surface area contributed by atoms with E-state index in [4.69, 9.17) is 10.6 Å². The van der Waals surface area contributed by atoms with Crippen LogP contribution in [0.2, 0.25) is 0 Å². The van der Waals surface area contributed by atoms with Gasteiger partial charge in [0.05, 0.1) is 5.41 Å². The van der Waals surface area contributed by atoms with E-state index in [9.17, 15) is 4.79 Å². The summed E-state index contributed by atoms with van der Waals surface area (Å²) in [4.78, 5) is 15.5. The molecule has 0 aliphatic heterocycles. The van der Waals surface area contributed by atoms with Crippen LogP contribution in [0.15, 0.2) is 0 Å². The van der Waals surface area contributed by atoms with Crippen LogP contribution in [0.5, 0.6) is 0 Å². The minimum absolute atomic E-state index is 0.206. The van der Waals surface area contributed by atoms with Gasteiger partial charge in [-0.1, -0.05) is 6.92 Å². The molecule has 0 spiro atoms. The summed E-state index contributed by atoms with van der Waals surface area (Å²) in [7, 11) is 0. The standard InChI is InChI=1S/C8H17NO3/c1-4-8(2,3)7(10)11-5-6-12-9/h4-6,9H2,1-3H3. The number of nitrogens with two attached hydrogens (primary N) is 1. The Labute approximate surface area is 73.0 Å². The molecule has 0 aromatic heterocycles. The molecule has 0 amide bonds. The van der Waals surface area contributed by atoms with E-state index in [-0.39, 0.29) is 19.2 Å². The molecule has 0 bridgehead atoms. The lowest BCUT2D eigenvalue weighted by Gasteiger charge is -2.19. The van der Waals surface area contributed by atoms with Gasteiger partial charge in [-0.3, -0.25) is 4.79 Å². The van der Waals surface area contributed by atoms with Crippen molar-refractivity contribution in [2.45, 2.75) is 27.2 Å². The van der Waals surface area contributed by atoms with Crippen molar-refractivity contribution >= 4 is 5.97 Å². The van der Waals surface area contributed by atoms with Gasteiger partial charge < -0.3 is 9.57 Å². The normalized spacial score (nSPS) is 11.3. The minimum Gasteiger partial charge on any atom is -0.463 e. The van der Waals surface area contributed by atoms with Crippen molar-refractivity contribution in [1.29, 1.82) is 0 Å². The molecular formula is C8H17NO3. The molecule has 0 aromatic carbocycles. The molecule has 0 fully saturated rings. The molecule has 12 heavy (non-hydrogen) atoms. The third kappa shape index (κ3) is 3.69. The van der Waals surface area contributed by atoms with Crippen LogP contribution < -0.4 is 5.90 Å². The van der Waals surface area contributed by atoms with Crippen LogP contribution in [0.1, 0.15) is 27.2 Å². The van der Waals surface area contributed by atoms with E-state index >= 15 is 0 Å². The summed E-state index contributed by atoms with van der Waals surface area (Å²) in [5.41, 5.74) is -0.408. The van der Waals surface area contributed by atoms with Crippen molar-refractivity contribution in [2.24, 2.45) is 11.3 Å². The molecule has 0 unspecified atom stereocenters. The fraction of sp³-hybridized carbons (Fsp3) is 0.875. The summed E-state index contributed by atoms with van der Waals surface area (Å²) in [6.45, 7) is 6.10. The molecule has 0 aliphatic carbocycles. The Kier molecular flexibility index (Phi) is 4.85. The van der Waals surface area contributed by atoms with Crippen molar-refractivity contribution < 1.29 is 14.4 Å². The van der Waals surface area contributed by atoms with E-state index in [1.807, 2.05) is 20.8 Å². The van der Waals surface area contributed by atoms with Gasteiger partial charge in [0.25, 0.3) is 0 Å². The fourth-order valence-corrected chi connectivity index (χ4v) is 0.522. The zero-order chi connectivity index (χ0) is 9.61. The van der Waals surface area contributed by atoms with E-state index in [1.165, 1.54) is 0 Å². The quantitative estimate of drug-likeness (QED) is 0.382. The van der Waals surface area contributed by atoms with Gasteiger partial charge >= 0.3 is 5.97 Å². The second kappa shape index (κ2) is 5.11. The lowest BCUT2D eigenvalue weighted by Crippen LogP contribution is -2.27. The van der Waals surface area contributed by atoms with E-state index in [0.717, 1.165) is 6.42 Å². The van der Waals surface area contributed by atoms with Crippen molar-refractivity contribution in [2.75, 3.05) is 13.2 Å². The Bertz CT molecular complexity index is 145. The van der Waals surface area contributed by atoms with E-state index in [0.29, 0.717) is 0 Å². The first-order valence-corrected chi connectivity index (χ1v) is 4.03. The van der Waals surface area contributed by atoms with Crippen molar-refractivity contribution in [3.05, 3.63) is 0 Å². The van der Waals surface area contributed by atoms with Gasteiger partial charge in [0.1, 0.15) is 13.2 Å². The van der Waals surface area contributed by atoms with Gasteiger partial charge in [-0.25, -0.2) is 5.90 Å². The molecule has 0 saturated heterocycles. The van der Waals surface area contributed by atoms with Crippen LogP contribution in [0.25, 0.3) is 0 Å². The van der Waals surface area contributed by atoms with Crippen molar-refractivity contribution in [3.63, 3.8) is 0 Å². The highest BCUT2D eigenvalue weighted by molar-refractivity contribution is 5.75. The third-order valence-electron chi connectivity index (χ3n) is 1.87. The molecule has 4 nitrogen and oxygen atoms in total. The number of rotatable bonds is 5. The number of esters is 1. The minimum atomic E-state index is -0.408. The maximum absolute atomic E-state index is 11.3. The van der Waals surface area contributed by atoms with E-state index in [1.54, 1.807) is 0 Å². The summed E-state index contributed by atoms with van der Waals surface area (Å²) >= 11 is 0.